The highest BCUT2D eigenvalue weighted by Crippen LogP contribution is 2.17. The largest absolute Gasteiger partial charge is 0.352 e. The molecule has 2 unspecified atom stereocenters. The van der Waals surface area contributed by atoms with Crippen molar-refractivity contribution < 1.29 is 4.79 Å². The number of carbonyl (C=O) groups excluding carboxylic acids is 1. The molecular weight excluding hydrogens is 250 g/mol. The maximum atomic E-state index is 12.2. The van der Waals surface area contributed by atoms with Gasteiger partial charge in [0.2, 0.25) is 5.91 Å². The van der Waals surface area contributed by atoms with Crippen LogP contribution in [0.25, 0.3) is 0 Å². The van der Waals surface area contributed by atoms with Crippen molar-refractivity contribution in [3.63, 3.8) is 0 Å². The molecule has 0 spiro atoms. The minimum absolute atomic E-state index is 0.0766. The van der Waals surface area contributed by atoms with E-state index < -0.39 is 0 Å². The van der Waals surface area contributed by atoms with E-state index in [1.165, 1.54) is 45.1 Å². The summed E-state index contributed by atoms with van der Waals surface area (Å²) in [7, 11) is 2.19. The molecule has 116 valence electrons. The summed E-state index contributed by atoms with van der Waals surface area (Å²) in [6.07, 6.45) is 10.0. The molecule has 20 heavy (non-hydrogen) atoms. The molecule has 1 aliphatic heterocycles. The number of likely N-dealkylation sites (N-methyl/N-ethyl adjacent to an activating group) is 1. The van der Waals surface area contributed by atoms with E-state index in [1.54, 1.807) is 0 Å². The molecule has 4 nitrogen and oxygen atoms in total. The van der Waals surface area contributed by atoms with Crippen molar-refractivity contribution in [2.45, 2.75) is 76.4 Å². The second kappa shape index (κ2) is 7.99. The maximum Gasteiger partial charge on any atom is 0.237 e. The summed E-state index contributed by atoms with van der Waals surface area (Å²) in [6.45, 7) is 4.10. The molecule has 1 amide bonds. The first kappa shape index (κ1) is 15.8. The molecule has 0 aromatic rings. The number of nitrogens with one attached hydrogen (secondary N) is 2. The van der Waals surface area contributed by atoms with E-state index in [0.29, 0.717) is 12.1 Å². The molecule has 2 atom stereocenters. The maximum absolute atomic E-state index is 12.2. The predicted octanol–water partition coefficient (Wildman–Crippen LogP) is 1.90. The third-order valence-electron chi connectivity index (χ3n) is 4.93. The first-order chi connectivity index (χ1) is 9.66. The van der Waals surface area contributed by atoms with Gasteiger partial charge in [0.15, 0.2) is 0 Å². The number of hydrogen-bond acceptors (Lipinski definition) is 3. The summed E-state index contributed by atoms with van der Waals surface area (Å²) in [4.78, 5) is 14.6. The average molecular weight is 281 g/mol. The van der Waals surface area contributed by atoms with Gasteiger partial charge in [-0.05, 0) is 46.2 Å². The minimum atomic E-state index is -0.0766. The van der Waals surface area contributed by atoms with Crippen LogP contribution in [0.3, 0.4) is 0 Å². The first-order valence-corrected chi connectivity index (χ1v) is 8.41. The van der Waals surface area contributed by atoms with Gasteiger partial charge < -0.3 is 15.5 Å². The summed E-state index contributed by atoms with van der Waals surface area (Å²) >= 11 is 0. The van der Waals surface area contributed by atoms with Crippen molar-refractivity contribution in [3.8, 4) is 0 Å². The van der Waals surface area contributed by atoms with E-state index in [-0.39, 0.29) is 11.9 Å². The SMILES string of the molecule is CC(NCC1CCCCN1C)C(=O)NC1CCCCC1. The minimum Gasteiger partial charge on any atom is -0.352 e. The van der Waals surface area contributed by atoms with Crippen LogP contribution in [0.15, 0.2) is 0 Å². The lowest BCUT2D eigenvalue weighted by Gasteiger charge is -2.33. The number of piperidine rings is 1. The fraction of sp³-hybridized carbons (Fsp3) is 0.938. The van der Waals surface area contributed by atoms with Gasteiger partial charge >= 0.3 is 0 Å². The summed E-state index contributed by atoms with van der Waals surface area (Å²) in [5, 5.41) is 6.62. The Morgan fingerprint density at radius 1 is 1.15 bits per heavy atom. The van der Waals surface area contributed by atoms with Gasteiger partial charge in [-0.2, -0.15) is 0 Å². The Kier molecular flexibility index (Phi) is 6.30. The summed E-state index contributed by atoms with van der Waals surface area (Å²) < 4.78 is 0. The molecule has 1 heterocycles. The van der Waals surface area contributed by atoms with Crippen LogP contribution in [0.1, 0.15) is 58.3 Å². The van der Waals surface area contributed by atoms with Crippen molar-refractivity contribution in [2.75, 3.05) is 20.1 Å². The Morgan fingerprint density at radius 2 is 1.85 bits per heavy atom. The normalized spacial score (nSPS) is 27.2. The van der Waals surface area contributed by atoms with Crippen LogP contribution in [0.4, 0.5) is 0 Å². The zero-order valence-electron chi connectivity index (χ0n) is 13.2. The van der Waals surface area contributed by atoms with Crippen molar-refractivity contribution >= 4 is 5.91 Å². The lowest BCUT2D eigenvalue weighted by molar-refractivity contribution is -0.123. The highest BCUT2D eigenvalue weighted by molar-refractivity contribution is 5.81. The zero-order valence-corrected chi connectivity index (χ0v) is 13.2. The summed E-state index contributed by atoms with van der Waals surface area (Å²) in [5.41, 5.74) is 0. The lowest BCUT2D eigenvalue weighted by Crippen LogP contribution is -2.51. The molecule has 1 aliphatic carbocycles. The van der Waals surface area contributed by atoms with Crippen molar-refractivity contribution in [3.05, 3.63) is 0 Å². The van der Waals surface area contributed by atoms with Crippen LogP contribution in [0.5, 0.6) is 0 Å². The Morgan fingerprint density at radius 3 is 2.55 bits per heavy atom. The second-order valence-electron chi connectivity index (χ2n) is 6.60. The van der Waals surface area contributed by atoms with Crippen molar-refractivity contribution in [1.82, 2.24) is 15.5 Å². The van der Waals surface area contributed by atoms with Crippen molar-refractivity contribution in [1.29, 1.82) is 0 Å². The fourth-order valence-corrected chi connectivity index (χ4v) is 3.38. The molecule has 1 saturated carbocycles. The Hall–Kier alpha value is -0.610. The molecule has 2 N–H and O–H groups in total. The Balaban J connectivity index is 1.67. The third-order valence-corrected chi connectivity index (χ3v) is 4.93. The molecule has 0 bridgehead atoms. The Bertz CT molecular complexity index is 302. The smallest absolute Gasteiger partial charge is 0.237 e. The van der Waals surface area contributed by atoms with Gasteiger partial charge in [-0.25, -0.2) is 0 Å². The van der Waals surface area contributed by atoms with E-state index in [4.69, 9.17) is 0 Å². The zero-order chi connectivity index (χ0) is 14.4. The van der Waals surface area contributed by atoms with Crippen molar-refractivity contribution in [2.24, 2.45) is 0 Å². The molecule has 0 aromatic carbocycles. The van der Waals surface area contributed by atoms with Crippen LogP contribution in [0, 0.1) is 0 Å². The monoisotopic (exact) mass is 281 g/mol. The average Bonchev–Trinajstić information content (AvgIpc) is 2.47. The van der Waals surface area contributed by atoms with Gasteiger partial charge in [-0.1, -0.05) is 25.7 Å². The highest BCUT2D eigenvalue weighted by atomic mass is 16.2. The third kappa shape index (κ3) is 4.74. The van der Waals surface area contributed by atoms with E-state index in [0.717, 1.165) is 19.4 Å². The molecule has 2 aliphatic rings. The van der Waals surface area contributed by atoms with Crippen LogP contribution in [-0.4, -0.2) is 49.1 Å². The van der Waals surface area contributed by atoms with Gasteiger partial charge in [0.25, 0.3) is 0 Å². The number of nitrogens with zero attached hydrogens (tertiary/aromatic N) is 1. The van der Waals surface area contributed by atoms with E-state index in [2.05, 4.69) is 22.6 Å². The number of likely N-dealkylation sites (tertiary alicyclic amines) is 1. The highest BCUT2D eigenvalue weighted by Gasteiger charge is 2.22. The molecule has 0 aromatic heterocycles. The van der Waals surface area contributed by atoms with Gasteiger partial charge in [0.1, 0.15) is 0 Å². The molecule has 2 fully saturated rings. The topological polar surface area (TPSA) is 44.4 Å². The van der Waals surface area contributed by atoms with Gasteiger partial charge in [-0.15, -0.1) is 0 Å². The molecule has 1 saturated heterocycles. The fourth-order valence-electron chi connectivity index (χ4n) is 3.38. The lowest BCUT2D eigenvalue weighted by atomic mass is 9.95. The molecule has 2 rings (SSSR count). The van der Waals surface area contributed by atoms with Crippen LogP contribution < -0.4 is 10.6 Å². The van der Waals surface area contributed by atoms with Gasteiger partial charge in [0, 0.05) is 18.6 Å². The summed E-state index contributed by atoms with van der Waals surface area (Å²) in [6, 6.07) is 0.929. The van der Waals surface area contributed by atoms with E-state index in [9.17, 15) is 4.79 Å². The van der Waals surface area contributed by atoms with Gasteiger partial charge in [-0.3, -0.25) is 4.79 Å². The summed E-state index contributed by atoms with van der Waals surface area (Å²) in [5.74, 6) is 0.176. The van der Waals surface area contributed by atoms with Crippen LogP contribution in [0.2, 0.25) is 0 Å². The Labute approximate surface area is 123 Å². The molecule has 4 heteroatoms. The standard InChI is InChI=1S/C16H31N3O/c1-13(16(20)18-14-8-4-3-5-9-14)17-12-15-10-6-7-11-19(15)2/h13-15,17H,3-12H2,1-2H3,(H,18,20). The number of hydrogen-bond donors (Lipinski definition) is 2. The predicted molar refractivity (Wildman–Crippen MR) is 82.7 cm³/mol. The first-order valence-electron chi connectivity index (χ1n) is 8.41. The molecule has 0 radical (unpaired) electrons. The van der Waals surface area contributed by atoms with E-state index in [1.807, 2.05) is 6.92 Å². The number of carbonyl (C=O) groups is 1. The van der Waals surface area contributed by atoms with Crippen LogP contribution >= 0.6 is 0 Å². The molecular formula is C16H31N3O. The number of amides is 1. The quantitative estimate of drug-likeness (QED) is 0.809. The van der Waals surface area contributed by atoms with E-state index >= 15 is 0 Å². The van der Waals surface area contributed by atoms with Crippen LogP contribution in [-0.2, 0) is 4.79 Å². The number of rotatable bonds is 5. The van der Waals surface area contributed by atoms with Gasteiger partial charge in [0.05, 0.1) is 6.04 Å². The second-order valence-corrected chi connectivity index (χ2v) is 6.60.